The quantitative estimate of drug-likeness (QED) is 0.854. The van der Waals surface area contributed by atoms with Gasteiger partial charge in [0.2, 0.25) is 0 Å². The largest absolute Gasteiger partial charge is 0.508 e. The maximum absolute atomic E-state index is 9.35. The Hall–Kier alpha value is -1.24. The van der Waals surface area contributed by atoms with Gasteiger partial charge in [0.15, 0.2) is 0 Å². The summed E-state index contributed by atoms with van der Waals surface area (Å²) < 4.78 is 5.78. The van der Waals surface area contributed by atoms with Crippen LogP contribution in [0.15, 0.2) is 24.3 Å². The normalized spacial score (nSPS) is 27.7. The lowest BCUT2D eigenvalue weighted by molar-refractivity contribution is 0.0128. The Bertz CT molecular complexity index is 444. The molecule has 18 heavy (non-hydrogen) atoms. The minimum absolute atomic E-state index is 0.0488. The highest BCUT2D eigenvalue weighted by Gasteiger charge is 2.29. The van der Waals surface area contributed by atoms with E-state index in [9.17, 15) is 5.11 Å². The number of phenols is 1. The summed E-state index contributed by atoms with van der Waals surface area (Å²) in [6.07, 6.45) is 2.51. The van der Waals surface area contributed by atoms with E-state index in [1.165, 1.54) is 0 Å². The van der Waals surface area contributed by atoms with Crippen LogP contribution in [-0.4, -0.2) is 16.6 Å². The molecular weight excluding hydrogens is 250 g/mol. The van der Waals surface area contributed by atoms with Crippen LogP contribution in [0.4, 0.5) is 0 Å². The number of aromatic hydroxyl groups is 1. The molecule has 1 N–H and O–H groups in total. The third kappa shape index (κ3) is 3.38. The summed E-state index contributed by atoms with van der Waals surface area (Å²) in [5, 5.41) is 18.1. The molecule has 1 aliphatic carbocycles. The van der Waals surface area contributed by atoms with Crippen molar-refractivity contribution in [1.29, 1.82) is 5.26 Å². The molecule has 1 aromatic carbocycles. The minimum atomic E-state index is -0.113. The van der Waals surface area contributed by atoms with Crippen LogP contribution in [0, 0.1) is 17.2 Å². The fraction of sp³-hybridized carbons (Fsp3) is 0.500. The molecule has 2 rings (SSSR count). The van der Waals surface area contributed by atoms with Gasteiger partial charge in [-0.25, -0.2) is 0 Å². The SMILES string of the molecule is N#CC1CCC(OCc2cccc(O)c2)C[C@@H]1Cl. The zero-order chi connectivity index (χ0) is 13.0. The van der Waals surface area contributed by atoms with Gasteiger partial charge in [-0.05, 0) is 37.0 Å². The molecule has 0 saturated heterocycles. The molecule has 2 unspecified atom stereocenters. The number of hydrogen-bond donors (Lipinski definition) is 1. The third-order valence-corrected chi connectivity index (χ3v) is 3.77. The molecule has 0 aliphatic heterocycles. The highest BCUT2D eigenvalue weighted by molar-refractivity contribution is 6.21. The van der Waals surface area contributed by atoms with E-state index in [0.29, 0.717) is 6.61 Å². The van der Waals surface area contributed by atoms with Crippen molar-refractivity contribution in [2.45, 2.75) is 37.4 Å². The predicted octanol–water partition coefficient (Wildman–Crippen LogP) is 3.21. The lowest BCUT2D eigenvalue weighted by atomic mass is 9.88. The monoisotopic (exact) mass is 265 g/mol. The summed E-state index contributed by atoms with van der Waals surface area (Å²) >= 11 is 6.14. The molecule has 0 amide bonds. The third-order valence-electron chi connectivity index (χ3n) is 3.29. The molecule has 1 aromatic rings. The zero-order valence-electron chi connectivity index (χ0n) is 10.1. The average molecular weight is 266 g/mol. The summed E-state index contributed by atoms with van der Waals surface area (Å²) in [6.45, 7) is 0.472. The second-order valence-corrected chi connectivity index (χ2v) is 5.23. The molecule has 0 bridgehead atoms. The Balaban J connectivity index is 1.83. The highest BCUT2D eigenvalue weighted by Crippen LogP contribution is 2.30. The molecule has 96 valence electrons. The van der Waals surface area contributed by atoms with Gasteiger partial charge in [-0.15, -0.1) is 11.6 Å². The average Bonchev–Trinajstić information content (AvgIpc) is 2.37. The van der Waals surface area contributed by atoms with Gasteiger partial charge >= 0.3 is 0 Å². The Morgan fingerprint density at radius 3 is 2.94 bits per heavy atom. The first kappa shape index (κ1) is 13.2. The van der Waals surface area contributed by atoms with Gasteiger partial charge < -0.3 is 9.84 Å². The van der Waals surface area contributed by atoms with Crippen molar-refractivity contribution in [1.82, 2.24) is 0 Å². The summed E-state index contributed by atoms with van der Waals surface area (Å²) in [6, 6.07) is 9.28. The first-order chi connectivity index (χ1) is 8.69. The maximum Gasteiger partial charge on any atom is 0.115 e. The molecule has 0 heterocycles. The van der Waals surface area contributed by atoms with Crippen molar-refractivity contribution >= 4 is 11.6 Å². The van der Waals surface area contributed by atoms with Gasteiger partial charge in [-0.3, -0.25) is 0 Å². The highest BCUT2D eigenvalue weighted by atomic mass is 35.5. The van der Waals surface area contributed by atoms with E-state index in [2.05, 4.69) is 6.07 Å². The van der Waals surface area contributed by atoms with Crippen molar-refractivity contribution in [3.8, 4) is 11.8 Å². The second kappa shape index (κ2) is 6.08. The Labute approximate surface area is 112 Å². The molecule has 3 nitrogen and oxygen atoms in total. The van der Waals surface area contributed by atoms with Crippen molar-refractivity contribution in [2.24, 2.45) is 5.92 Å². The number of benzene rings is 1. The summed E-state index contributed by atoms with van der Waals surface area (Å²) in [5.41, 5.74) is 0.948. The molecule has 1 aliphatic rings. The molecule has 0 aromatic heterocycles. The van der Waals surface area contributed by atoms with Crippen LogP contribution >= 0.6 is 11.6 Å². The van der Waals surface area contributed by atoms with E-state index in [0.717, 1.165) is 24.8 Å². The van der Waals surface area contributed by atoms with Crippen LogP contribution in [0.25, 0.3) is 0 Å². The molecule has 4 heteroatoms. The van der Waals surface area contributed by atoms with Gasteiger partial charge in [0.05, 0.1) is 30.1 Å². The second-order valence-electron chi connectivity index (χ2n) is 4.67. The number of hydrogen-bond acceptors (Lipinski definition) is 3. The lowest BCUT2D eigenvalue weighted by Gasteiger charge is -2.29. The summed E-state index contributed by atoms with van der Waals surface area (Å²) in [5.74, 6) is 0.201. The van der Waals surface area contributed by atoms with Gasteiger partial charge in [-0.2, -0.15) is 5.26 Å². The molecule has 3 atom stereocenters. The number of halogens is 1. The van der Waals surface area contributed by atoms with Crippen LogP contribution in [0.2, 0.25) is 0 Å². The maximum atomic E-state index is 9.35. The van der Waals surface area contributed by atoms with Crippen molar-refractivity contribution in [3.63, 3.8) is 0 Å². The van der Waals surface area contributed by atoms with Crippen LogP contribution < -0.4 is 0 Å². The van der Waals surface area contributed by atoms with E-state index < -0.39 is 0 Å². The fourth-order valence-corrected chi connectivity index (χ4v) is 2.62. The fourth-order valence-electron chi connectivity index (χ4n) is 2.24. The summed E-state index contributed by atoms with van der Waals surface area (Å²) in [4.78, 5) is 0. The smallest absolute Gasteiger partial charge is 0.115 e. The van der Waals surface area contributed by atoms with E-state index in [-0.39, 0.29) is 23.1 Å². The Morgan fingerprint density at radius 2 is 2.28 bits per heavy atom. The molecular formula is C14H16ClNO2. The lowest BCUT2D eigenvalue weighted by Crippen LogP contribution is -2.29. The van der Waals surface area contributed by atoms with Crippen molar-refractivity contribution in [3.05, 3.63) is 29.8 Å². The number of ether oxygens (including phenoxy) is 1. The van der Waals surface area contributed by atoms with Crippen LogP contribution in [0.1, 0.15) is 24.8 Å². The number of alkyl halides is 1. The Kier molecular flexibility index (Phi) is 4.46. The van der Waals surface area contributed by atoms with Gasteiger partial charge in [0, 0.05) is 0 Å². The van der Waals surface area contributed by atoms with Crippen LogP contribution in [0.5, 0.6) is 5.75 Å². The molecule has 0 spiro atoms. The topological polar surface area (TPSA) is 53.2 Å². The van der Waals surface area contributed by atoms with Gasteiger partial charge in [0.1, 0.15) is 5.75 Å². The van der Waals surface area contributed by atoms with Gasteiger partial charge in [0.25, 0.3) is 0 Å². The molecule has 1 fully saturated rings. The van der Waals surface area contributed by atoms with E-state index >= 15 is 0 Å². The number of nitriles is 1. The van der Waals surface area contributed by atoms with E-state index in [1.807, 2.05) is 6.07 Å². The number of nitrogens with zero attached hydrogens (tertiary/aromatic N) is 1. The summed E-state index contributed by atoms with van der Waals surface area (Å²) in [7, 11) is 0. The first-order valence-corrected chi connectivity index (χ1v) is 6.56. The number of phenolic OH excluding ortho intramolecular Hbond substituents is 1. The minimum Gasteiger partial charge on any atom is -0.508 e. The predicted molar refractivity (Wildman–Crippen MR) is 69.3 cm³/mol. The van der Waals surface area contributed by atoms with Crippen molar-refractivity contribution in [2.75, 3.05) is 0 Å². The van der Waals surface area contributed by atoms with E-state index in [4.69, 9.17) is 21.6 Å². The van der Waals surface area contributed by atoms with Crippen LogP contribution in [-0.2, 0) is 11.3 Å². The molecule has 1 saturated carbocycles. The van der Waals surface area contributed by atoms with Gasteiger partial charge in [-0.1, -0.05) is 12.1 Å². The zero-order valence-corrected chi connectivity index (χ0v) is 10.8. The number of rotatable bonds is 3. The first-order valence-electron chi connectivity index (χ1n) is 6.12. The standard InChI is InChI=1S/C14H16ClNO2/c15-14-7-13(5-4-11(14)8-16)18-9-10-2-1-3-12(17)6-10/h1-3,6,11,13-14,17H,4-5,7,9H2/t11?,13?,14-/m0/s1. The van der Waals surface area contributed by atoms with E-state index in [1.54, 1.807) is 18.2 Å². The van der Waals surface area contributed by atoms with Crippen molar-refractivity contribution < 1.29 is 9.84 Å². The Morgan fingerprint density at radius 1 is 1.44 bits per heavy atom. The van der Waals surface area contributed by atoms with Crippen LogP contribution in [0.3, 0.4) is 0 Å². The molecule has 0 radical (unpaired) electrons.